The minimum Gasteiger partial charge on any atom is -0.406 e. The summed E-state index contributed by atoms with van der Waals surface area (Å²) in [6.07, 6.45) is -0.794. The van der Waals surface area contributed by atoms with E-state index >= 15 is 0 Å². The number of nitrogens with two attached hydrogens (primary N) is 1. The molecule has 0 unspecified atom stereocenters. The third kappa shape index (κ3) is 3.79. The summed E-state index contributed by atoms with van der Waals surface area (Å²) in [5.41, 5.74) is 7.48. The quantitative estimate of drug-likeness (QED) is 0.907. The molecule has 7 heteroatoms. The van der Waals surface area contributed by atoms with Gasteiger partial charge in [-0.1, -0.05) is 0 Å². The first-order valence-corrected chi connectivity index (χ1v) is 7.75. The number of alkyl halides is 3. The molecule has 1 aromatic carbocycles. The largest absolute Gasteiger partial charge is 0.573 e. The second kappa shape index (κ2) is 6.41. The normalized spacial score (nSPS) is 17.7. The molecule has 0 aliphatic carbocycles. The third-order valence-electron chi connectivity index (χ3n) is 4.39. The molecule has 0 bridgehead atoms. The molecule has 2 aromatic rings. The van der Waals surface area contributed by atoms with Gasteiger partial charge in [0.1, 0.15) is 5.75 Å². The number of aromatic nitrogens is 1. The van der Waals surface area contributed by atoms with Crippen molar-refractivity contribution in [3.63, 3.8) is 0 Å². The predicted molar refractivity (Wildman–Crippen MR) is 82.5 cm³/mol. The van der Waals surface area contributed by atoms with Gasteiger partial charge in [0.15, 0.2) is 0 Å². The molecule has 0 spiro atoms. The molecule has 4 nitrogen and oxygen atoms in total. The second-order valence-electron chi connectivity index (χ2n) is 5.90. The van der Waals surface area contributed by atoms with Crippen LogP contribution in [-0.2, 0) is 0 Å². The van der Waals surface area contributed by atoms with Crippen LogP contribution in [0.15, 0.2) is 24.4 Å². The Morgan fingerprint density at radius 1 is 1.26 bits per heavy atom. The number of benzene rings is 1. The Labute approximate surface area is 132 Å². The maximum absolute atomic E-state index is 12.4. The molecule has 1 aliphatic rings. The minimum atomic E-state index is -4.67. The number of rotatable bonds is 4. The average molecular weight is 327 g/mol. The molecule has 0 radical (unpaired) electrons. The standard InChI is InChI=1S/C16H20F3N3O/c17-16(18,19)23-12-1-2-15-13(9-12)14(10-21-15)11-3-6-22(7-4-11)8-5-20/h1-2,9-11,21H,3-8,20H2. The highest BCUT2D eigenvalue weighted by atomic mass is 19.4. The van der Waals surface area contributed by atoms with E-state index in [2.05, 4.69) is 14.6 Å². The summed E-state index contributed by atoms with van der Waals surface area (Å²) in [6.45, 7) is 3.47. The molecule has 3 N–H and O–H groups in total. The lowest BCUT2D eigenvalue weighted by molar-refractivity contribution is -0.274. The van der Waals surface area contributed by atoms with Crippen LogP contribution in [0.2, 0.25) is 0 Å². The topological polar surface area (TPSA) is 54.3 Å². The average Bonchev–Trinajstić information content (AvgIpc) is 2.90. The van der Waals surface area contributed by atoms with Crippen molar-refractivity contribution in [3.8, 4) is 5.75 Å². The van der Waals surface area contributed by atoms with Crippen LogP contribution in [0.25, 0.3) is 10.9 Å². The molecule has 3 rings (SSSR count). The lowest BCUT2D eigenvalue weighted by atomic mass is 9.89. The van der Waals surface area contributed by atoms with Gasteiger partial charge in [0.25, 0.3) is 0 Å². The number of fused-ring (bicyclic) bond motifs is 1. The van der Waals surface area contributed by atoms with Gasteiger partial charge in [-0.15, -0.1) is 13.2 Å². The Hall–Kier alpha value is -1.73. The summed E-state index contributed by atoms with van der Waals surface area (Å²) in [5, 5.41) is 0.809. The minimum absolute atomic E-state index is 0.175. The molecule has 0 saturated carbocycles. The van der Waals surface area contributed by atoms with Crippen molar-refractivity contribution in [2.24, 2.45) is 5.73 Å². The van der Waals surface area contributed by atoms with Gasteiger partial charge >= 0.3 is 6.36 Å². The molecule has 23 heavy (non-hydrogen) atoms. The maximum Gasteiger partial charge on any atom is 0.573 e. The number of nitrogens with one attached hydrogen (secondary N) is 1. The molecule has 0 amide bonds. The number of nitrogens with zero attached hydrogens (tertiary/aromatic N) is 1. The highest BCUT2D eigenvalue weighted by Gasteiger charge is 2.31. The number of piperidine rings is 1. The van der Waals surface area contributed by atoms with Crippen LogP contribution >= 0.6 is 0 Å². The van der Waals surface area contributed by atoms with Crippen molar-refractivity contribution in [1.29, 1.82) is 0 Å². The van der Waals surface area contributed by atoms with Gasteiger partial charge < -0.3 is 20.4 Å². The van der Waals surface area contributed by atoms with E-state index in [1.807, 2.05) is 6.20 Å². The van der Waals surface area contributed by atoms with E-state index < -0.39 is 6.36 Å². The van der Waals surface area contributed by atoms with Gasteiger partial charge in [0, 0.05) is 30.2 Å². The molecular formula is C16H20F3N3O. The number of H-pyrrole nitrogens is 1. The van der Waals surface area contributed by atoms with Gasteiger partial charge in [0.05, 0.1) is 0 Å². The number of halogens is 3. The molecule has 1 aromatic heterocycles. The SMILES string of the molecule is NCCN1CCC(c2c[nH]c3ccc(OC(F)(F)F)cc23)CC1. The van der Waals surface area contributed by atoms with Crippen molar-refractivity contribution in [2.75, 3.05) is 26.2 Å². The van der Waals surface area contributed by atoms with Crippen molar-refractivity contribution < 1.29 is 17.9 Å². The Kier molecular flexibility index (Phi) is 4.50. The Balaban J connectivity index is 1.80. The summed E-state index contributed by atoms with van der Waals surface area (Å²) in [4.78, 5) is 5.46. The number of hydrogen-bond donors (Lipinski definition) is 2. The summed E-state index contributed by atoms with van der Waals surface area (Å²) >= 11 is 0. The van der Waals surface area contributed by atoms with E-state index in [-0.39, 0.29) is 5.75 Å². The zero-order valence-corrected chi connectivity index (χ0v) is 12.7. The van der Waals surface area contributed by atoms with Gasteiger partial charge in [-0.05, 0) is 55.6 Å². The van der Waals surface area contributed by atoms with E-state index in [9.17, 15) is 13.2 Å². The Bertz CT molecular complexity index is 660. The first-order valence-electron chi connectivity index (χ1n) is 7.75. The van der Waals surface area contributed by atoms with E-state index in [4.69, 9.17) is 5.73 Å². The van der Waals surface area contributed by atoms with Crippen LogP contribution in [-0.4, -0.2) is 42.4 Å². The Morgan fingerprint density at radius 2 is 2.00 bits per heavy atom. The van der Waals surface area contributed by atoms with Crippen molar-refractivity contribution in [3.05, 3.63) is 30.0 Å². The van der Waals surface area contributed by atoms with Crippen LogP contribution < -0.4 is 10.5 Å². The van der Waals surface area contributed by atoms with Crippen LogP contribution in [0.4, 0.5) is 13.2 Å². The van der Waals surface area contributed by atoms with E-state index in [1.54, 1.807) is 6.07 Å². The molecule has 126 valence electrons. The highest BCUT2D eigenvalue weighted by Crippen LogP contribution is 2.35. The summed E-state index contributed by atoms with van der Waals surface area (Å²) < 4.78 is 41.2. The predicted octanol–water partition coefficient (Wildman–Crippen LogP) is 3.20. The summed E-state index contributed by atoms with van der Waals surface area (Å²) in [7, 11) is 0. The fourth-order valence-corrected chi connectivity index (χ4v) is 3.31. The molecule has 2 heterocycles. The summed E-state index contributed by atoms with van der Waals surface area (Å²) in [6, 6.07) is 4.43. The van der Waals surface area contributed by atoms with E-state index in [0.717, 1.165) is 48.9 Å². The second-order valence-corrected chi connectivity index (χ2v) is 5.90. The molecule has 1 aliphatic heterocycles. The fourth-order valence-electron chi connectivity index (χ4n) is 3.31. The fraction of sp³-hybridized carbons (Fsp3) is 0.500. The van der Waals surface area contributed by atoms with Crippen LogP contribution in [0, 0.1) is 0 Å². The number of likely N-dealkylation sites (tertiary alicyclic amines) is 1. The smallest absolute Gasteiger partial charge is 0.406 e. The Morgan fingerprint density at radius 3 is 2.65 bits per heavy atom. The number of aromatic amines is 1. The number of hydrogen-bond acceptors (Lipinski definition) is 3. The summed E-state index contributed by atoms with van der Waals surface area (Å²) in [5.74, 6) is 0.172. The van der Waals surface area contributed by atoms with Crippen molar-refractivity contribution in [2.45, 2.75) is 25.1 Å². The first-order chi connectivity index (χ1) is 11.0. The van der Waals surface area contributed by atoms with Gasteiger partial charge in [0.2, 0.25) is 0 Å². The highest BCUT2D eigenvalue weighted by molar-refractivity contribution is 5.85. The first kappa shape index (κ1) is 16.1. The molecular weight excluding hydrogens is 307 g/mol. The van der Waals surface area contributed by atoms with E-state index in [1.165, 1.54) is 12.1 Å². The van der Waals surface area contributed by atoms with E-state index in [0.29, 0.717) is 12.5 Å². The third-order valence-corrected chi connectivity index (χ3v) is 4.39. The van der Waals surface area contributed by atoms with Crippen molar-refractivity contribution in [1.82, 2.24) is 9.88 Å². The zero-order chi connectivity index (χ0) is 16.4. The lowest BCUT2D eigenvalue weighted by Crippen LogP contribution is -2.36. The van der Waals surface area contributed by atoms with Gasteiger partial charge in [-0.3, -0.25) is 0 Å². The van der Waals surface area contributed by atoms with Crippen LogP contribution in [0.1, 0.15) is 24.3 Å². The van der Waals surface area contributed by atoms with Gasteiger partial charge in [-0.25, -0.2) is 0 Å². The molecule has 1 fully saturated rings. The zero-order valence-electron chi connectivity index (χ0n) is 12.7. The molecule has 0 atom stereocenters. The van der Waals surface area contributed by atoms with Crippen LogP contribution in [0.3, 0.4) is 0 Å². The van der Waals surface area contributed by atoms with Crippen LogP contribution in [0.5, 0.6) is 5.75 Å². The number of ether oxygens (including phenoxy) is 1. The lowest BCUT2D eigenvalue weighted by Gasteiger charge is -2.31. The van der Waals surface area contributed by atoms with Gasteiger partial charge in [-0.2, -0.15) is 0 Å². The monoisotopic (exact) mass is 327 g/mol. The van der Waals surface area contributed by atoms with Crippen molar-refractivity contribution >= 4 is 10.9 Å². The molecule has 1 saturated heterocycles. The maximum atomic E-state index is 12.4.